The molecule has 0 spiro atoms. The van der Waals surface area contributed by atoms with Crippen LogP contribution in [0.4, 0.5) is 0 Å². The number of imide groups is 1. The summed E-state index contributed by atoms with van der Waals surface area (Å²) in [7, 11) is 0. The fraction of sp³-hybridized carbons (Fsp3) is 0.250. The Balaban J connectivity index is 2.09. The maximum Gasteiger partial charge on any atom is 0.269 e. The Bertz CT molecular complexity index is 701. The highest BCUT2D eigenvalue weighted by molar-refractivity contribution is 7.14. The molecule has 0 saturated carbocycles. The van der Waals surface area contributed by atoms with Gasteiger partial charge in [0.1, 0.15) is 6.04 Å². The number of aromatic nitrogens is 1. The van der Waals surface area contributed by atoms with Crippen LogP contribution >= 0.6 is 11.5 Å². The topological polar surface area (TPSA) is 68.2 Å². The van der Waals surface area contributed by atoms with E-state index in [1.54, 1.807) is 12.1 Å². The zero-order chi connectivity index (χ0) is 12.7. The SMILES string of the molecule is O=C1CCC(n2sc3ccccc3c2=O)C(=O)N1. The van der Waals surface area contributed by atoms with E-state index < -0.39 is 6.04 Å². The molecule has 1 atom stereocenters. The molecule has 2 heterocycles. The lowest BCUT2D eigenvalue weighted by Crippen LogP contribution is -2.43. The van der Waals surface area contributed by atoms with Crippen LogP contribution in [0.5, 0.6) is 0 Å². The van der Waals surface area contributed by atoms with Crippen molar-refractivity contribution in [3.05, 3.63) is 34.6 Å². The number of carbonyl (C=O) groups is 2. The van der Waals surface area contributed by atoms with Crippen molar-refractivity contribution in [2.24, 2.45) is 0 Å². The van der Waals surface area contributed by atoms with Crippen molar-refractivity contribution in [1.29, 1.82) is 0 Å². The zero-order valence-electron chi connectivity index (χ0n) is 9.38. The first-order valence-corrected chi connectivity index (χ1v) is 6.38. The standard InChI is InChI=1S/C12H10N2O3S/c15-10-6-5-8(11(16)13-10)14-12(17)7-3-1-2-4-9(7)18-14/h1-4,8H,5-6H2,(H,13,15,16). The zero-order valence-corrected chi connectivity index (χ0v) is 10.2. The van der Waals surface area contributed by atoms with Gasteiger partial charge in [-0.3, -0.25) is 23.7 Å². The fourth-order valence-electron chi connectivity index (χ4n) is 2.10. The average Bonchev–Trinajstić information content (AvgIpc) is 2.68. The minimum atomic E-state index is -0.562. The number of fused-ring (bicyclic) bond motifs is 1. The van der Waals surface area contributed by atoms with Gasteiger partial charge >= 0.3 is 0 Å². The number of rotatable bonds is 1. The molecule has 1 unspecified atom stereocenters. The van der Waals surface area contributed by atoms with Crippen molar-refractivity contribution in [1.82, 2.24) is 9.27 Å². The monoisotopic (exact) mass is 262 g/mol. The van der Waals surface area contributed by atoms with E-state index in [4.69, 9.17) is 0 Å². The van der Waals surface area contributed by atoms with E-state index >= 15 is 0 Å². The van der Waals surface area contributed by atoms with E-state index in [0.717, 1.165) is 4.70 Å². The van der Waals surface area contributed by atoms with Crippen LogP contribution in [-0.4, -0.2) is 15.8 Å². The van der Waals surface area contributed by atoms with Gasteiger partial charge in [-0.1, -0.05) is 23.7 Å². The van der Waals surface area contributed by atoms with Gasteiger partial charge in [0, 0.05) is 6.42 Å². The molecule has 1 fully saturated rings. The minimum Gasteiger partial charge on any atom is -0.295 e. The molecule has 1 aliphatic heterocycles. The van der Waals surface area contributed by atoms with Gasteiger partial charge in [0.25, 0.3) is 11.5 Å². The Morgan fingerprint density at radius 1 is 1.22 bits per heavy atom. The Kier molecular flexibility index (Phi) is 2.52. The van der Waals surface area contributed by atoms with Gasteiger partial charge in [-0.05, 0) is 18.6 Å². The van der Waals surface area contributed by atoms with Gasteiger partial charge in [0.05, 0.1) is 10.1 Å². The molecule has 0 aliphatic carbocycles. The second kappa shape index (κ2) is 4.06. The van der Waals surface area contributed by atoms with E-state index in [9.17, 15) is 14.4 Å². The third-order valence-electron chi connectivity index (χ3n) is 3.01. The quantitative estimate of drug-likeness (QED) is 0.781. The molecule has 0 bridgehead atoms. The van der Waals surface area contributed by atoms with Crippen LogP contribution in [0.25, 0.3) is 10.1 Å². The lowest BCUT2D eigenvalue weighted by Gasteiger charge is -2.20. The number of hydrogen-bond donors (Lipinski definition) is 1. The van der Waals surface area contributed by atoms with Crippen molar-refractivity contribution in [3.63, 3.8) is 0 Å². The number of benzene rings is 1. The Hall–Kier alpha value is -1.95. The van der Waals surface area contributed by atoms with Crippen molar-refractivity contribution in [2.75, 3.05) is 0 Å². The smallest absolute Gasteiger partial charge is 0.269 e. The summed E-state index contributed by atoms with van der Waals surface area (Å²) in [6.07, 6.45) is 0.661. The highest BCUT2D eigenvalue weighted by Crippen LogP contribution is 2.24. The first kappa shape index (κ1) is 11.2. The van der Waals surface area contributed by atoms with Crippen LogP contribution in [0.1, 0.15) is 18.9 Å². The van der Waals surface area contributed by atoms with E-state index in [-0.39, 0.29) is 23.8 Å². The van der Waals surface area contributed by atoms with Crippen LogP contribution in [0.2, 0.25) is 0 Å². The normalized spacial score (nSPS) is 20.1. The predicted octanol–water partition coefficient (Wildman–Crippen LogP) is 1.04. The van der Waals surface area contributed by atoms with Crippen LogP contribution < -0.4 is 10.9 Å². The Morgan fingerprint density at radius 3 is 2.72 bits per heavy atom. The molecular weight excluding hydrogens is 252 g/mol. The first-order valence-electron chi connectivity index (χ1n) is 5.61. The summed E-state index contributed by atoms with van der Waals surface area (Å²) in [6, 6.07) is 6.69. The number of nitrogens with one attached hydrogen (secondary N) is 1. The Morgan fingerprint density at radius 2 is 2.00 bits per heavy atom. The van der Waals surface area contributed by atoms with Crippen molar-refractivity contribution in [2.45, 2.75) is 18.9 Å². The lowest BCUT2D eigenvalue weighted by molar-refractivity contribution is -0.135. The molecule has 92 valence electrons. The summed E-state index contributed by atoms with van der Waals surface area (Å²) in [6.45, 7) is 0. The summed E-state index contributed by atoms with van der Waals surface area (Å²) >= 11 is 1.27. The average molecular weight is 262 g/mol. The van der Waals surface area contributed by atoms with E-state index in [0.29, 0.717) is 11.8 Å². The van der Waals surface area contributed by atoms with Crippen LogP contribution in [0.15, 0.2) is 29.1 Å². The second-order valence-corrected chi connectivity index (χ2v) is 5.20. The van der Waals surface area contributed by atoms with E-state index in [2.05, 4.69) is 5.32 Å². The summed E-state index contributed by atoms with van der Waals surface area (Å²) in [5, 5.41) is 2.89. The second-order valence-electron chi connectivity index (χ2n) is 4.19. The third kappa shape index (κ3) is 1.65. The van der Waals surface area contributed by atoms with E-state index in [1.807, 2.05) is 12.1 Å². The van der Waals surface area contributed by atoms with Crippen LogP contribution in [0, 0.1) is 0 Å². The number of amides is 2. The van der Waals surface area contributed by atoms with Gasteiger partial charge in [0.2, 0.25) is 5.91 Å². The number of piperidine rings is 1. The molecule has 1 aromatic heterocycles. The molecule has 1 aromatic carbocycles. The van der Waals surface area contributed by atoms with Crippen LogP contribution in [0.3, 0.4) is 0 Å². The van der Waals surface area contributed by atoms with Gasteiger partial charge < -0.3 is 0 Å². The summed E-state index contributed by atoms with van der Waals surface area (Å²) in [5.74, 6) is -0.662. The molecule has 2 aromatic rings. The van der Waals surface area contributed by atoms with Gasteiger partial charge in [0.15, 0.2) is 0 Å². The third-order valence-corrected chi connectivity index (χ3v) is 4.18. The molecule has 1 N–H and O–H groups in total. The molecule has 3 rings (SSSR count). The summed E-state index contributed by atoms with van der Waals surface area (Å²) in [5.41, 5.74) is -0.162. The maximum atomic E-state index is 12.2. The van der Waals surface area contributed by atoms with Crippen molar-refractivity contribution < 1.29 is 9.59 Å². The minimum absolute atomic E-state index is 0.162. The summed E-state index contributed by atoms with van der Waals surface area (Å²) in [4.78, 5) is 35.0. The first-order chi connectivity index (χ1) is 8.66. The molecule has 1 aliphatic rings. The van der Waals surface area contributed by atoms with Crippen molar-refractivity contribution >= 4 is 33.4 Å². The van der Waals surface area contributed by atoms with Gasteiger partial charge in [-0.15, -0.1) is 0 Å². The van der Waals surface area contributed by atoms with Crippen LogP contribution in [-0.2, 0) is 9.59 Å². The number of nitrogens with zero attached hydrogens (tertiary/aromatic N) is 1. The van der Waals surface area contributed by atoms with E-state index in [1.165, 1.54) is 15.5 Å². The molecular formula is C12H10N2O3S. The number of carbonyl (C=O) groups excluding carboxylic acids is 2. The predicted molar refractivity (Wildman–Crippen MR) is 67.5 cm³/mol. The maximum absolute atomic E-state index is 12.2. The van der Waals surface area contributed by atoms with Crippen molar-refractivity contribution in [3.8, 4) is 0 Å². The van der Waals surface area contributed by atoms with Gasteiger partial charge in [-0.2, -0.15) is 0 Å². The Labute approximate surface area is 106 Å². The fourth-order valence-corrected chi connectivity index (χ4v) is 3.21. The molecule has 6 heteroatoms. The van der Waals surface area contributed by atoms with Gasteiger partial charge in [-0.25, -0.2) is 0 Å². The number of hydrogen-bond acceptors (Lipinski definition) is 4. The highest BCUT2D eigenvalue weighted by Gasteiger charge is 2.30. The highest BCUT2D eigenvalue weighted by atomic mass is 32.1. The molecule has 0 radical (unpaired) electrons. The molecule has 18 heavy (non-hydrogen) atoms. The largest absolute Gasteiger partial charge is 0.295 e. The summed E-state index contributed by atoms with van der Waals surface area (Å²) < 4.78 is 2.32. The lowest BCUT2D eigenvalue weighted by atomic mass is 10.1. The molecule has 2 amide bonds. The molecule has 1 saturated heterocycles. The molecule has 5 nitrogen and oxygen atoms in total.